The van der Waals surface area contributed by atoms with Crippen LogP contribution in [0.15, 0.2) is 41.3 Å². The summed E-state index contributed by atoms with van der Waals surface area (Å²) in [5, 5.41) is 0.648. The van der Waals surface area contributed by atoms with E-state index in [1.54, 1.807) is 17.0 Å². The van der Waals surface area contributed by atoms with Crippen molar-refractivity contribution in [3.05, 3.63) is 41.4 Å². The van der Waals surface area contributed by atoms with E-state index in [2.05, 4.69) is 6.58 Å². The highest BCUT2D eigenvalue weighted by atomic mass is 35.5. The second-order valence-electron chi connectivity index (χ2n) is 4.77. The van der Waals surface area contributed by atoms with Gasteiger partial charge in [0.2, 0.25) is 0 Å². The van der Waals surface area contributed by atoms with Crippen molar-refractivity contribution in [2.45, 2.75) is 18.7 Å². The lowest BCUT2D eigenvalue weighted by atomic mass is 10.3. The van der Waals surface area contributed by atoms with Gasteiger partial charge < -0.3 is 9.64 Å². The molecule has 4 nitrogen and oxygen atoms in total. The summed E-state index contributed by atoms with van der Waals surface area (Å²) >= 11 is 7.13. The van der Waals surface area contributed by atoms with Gasteiger partial charge in [0.25, 0.3) is 5.91 Å². The van der Waals surface area contributed by atoms with Gasteiger partial charge in [-0.3, -0.25) is 9.59 Å². The molecule has 0 saturated carbocycles. The van der Waals surface area contributed by atoms with Crippen molar-refractivity contribution in [2.75, 3.05) is 25.4 Å². The molecule has 1 amide bonds. The van der Waals surface area contributed by atoms with E-state index in [4.69, 9.17) is 16.3 Å². The monoisotopic (exact) mass is 341 g/mol. The average Bonchev–Trinajstić information content (AvgIpc) is 2.49. The third-order valence-corrected chi connectivity index (χ3v) is 3.96. The van der Waals surface area contributed by atoms with E-state index in [0.29, 0.717) is 18.1 Å². The van der Waals surface area contributed by atoms with Crippen LogP contribution < -0.4 is 0 Å². The Morgan fingerprint density at radius 2 is 1.95 bits per heavy atom. The molecule has 0 radical (unpaired) electrons. The number of likely N-dealkylation sites (N-methyl/N-ethyl adjacent to an activating group) is 1. The molecule has 0 aliphatic carbocycles. The number of hydrogen-bond donors (Lipinski definition) is 0. The Balaban J connectivity index is 2.34. The van der Waals surface area contributed by atoms with Crippen LogP contribution >= 0.6 is 23.4 Å². The number of ether oxygens (including phenoxy) is 1. The van der Waals surface area contributed by atoms with Gasteiger partial charge in [0, 0.05) is 23.0 Å². The van der Waals surface area contributed by atoms with E-state index >= 15 is 0 Å². The molecule has 0 N–H and O–H groups in total. The van der Waals surface area contributed by atoms with Crippen LogP contribution in [0.25, 0.3) is 0 Å². The number of rotatable bonds is 8. The number of benzene rings is 1. The number of amides is 1. The highest BCUT2D eigenvalue weighted by molar-refractivity contribution is 8.00. The van der Waals surface area contributed by atoms with Gasteiger partial charge in [0.15, 0.2) is 6.61 Å². The van der Waals surface area contributed by atoms with Gasteiger partial charge in [0.1, 0.15) is 0 Å². The number of hydrogen-bond acceptors (Lipinski definition) is 4. The summed E-state index contributed by atoms with van der Waals surface area (Å²) in [7, 11) is 0. The van der Waals surface area contributed by atoms with E-state index in [1.165, 1.54) is 11.8 Å². The lowest BCUT2D eigenvalue weighted by molar-refractivity contribution is -0.149. The highest BCUT2D eigenvalue weighted by Crippen LogP contribution is 2.20. The topological polar surface area (TPSA) is 46.6 Å². The van der Waals surface area contributed by atoms with Crippen molar-refractivity contribution in [3.8, 4) is 0 Å². The molecule has 0 heterocycles. The van der Waals surface area contributed by atoms with Crippen LogP contribution in [-0.4, -0.2) is 42.2 Å². The van der Waals surface area contributed by atoms with Gasteiger partial charge in [-0.2, -0.15) is 0 Å². The molecule has 0 saturated heterocycles. The molecule has 0 bridgehead atoms. The number of esters is 1. The van der Waals surface area contributed by atoms with Gasteiger partial charge >= 0.3 is 5.97 Å². The summed E-state index contributed by atoms with van der Waals surface area (Å²) < 4.78 is 5.01. The maximum atomic E-state index is 11.9. The molecule has 120 valence electrons. The van der Waals surface area contributed by atoms with Gasteiger partial charge in [-0.15, -0.1) is 11.8 Å². The number of thioether (sulfide) groups is 1. The third kappa shape index (κ3) is 7.00. The predicted octanol–water partition coefficient (Wildman–Crippen LogP) is 3.40. The van der Waals surface area contributed by atoms with Crippen LogP contribution in [0.1, 0.15) is 13.8 Å². The van der Waals surface area contributed by atoms with E-state index in [-0.39, 0.29) is 18.3 Å². The lowest BCUT2D eigenvalue weighted by Crippen LogP contribution is -2.35. The Morgan fingerprint density at radius 3 is 2.50 bits per heavy atom. The van der Waals surface area contributed by atoms with Crippen molar-refractivity contribution in [2.24, 2.45) is 0 Å². The summed E-state index contributed by atoms with van der Waals surface area (Å²) in [6, 6.07) is 7.18. The first kappa shape index (κ1) is 18.6. The van der Waals surface area contributed by atoms with Crippen LogP contribution in [0.2, 0.25) is 5.02 Å². The van der Waals surface area contributed by atoms with Crippen LogP contribution in [0, 0.1) is 0 Å². The molecule has 0 spiro atoms. The number of nitrogens with zero attached hydrogens (tertiary/aromatic N) is 1. The molecule has 1 rings (SSSR count). The van der Waals surface area contributed by atoms with Crippen molar-refractivity contribution in [1.29, 1.82) is 0 Å². The molecule has 1 aromatic rings. The Bertz CT molecular complexity index is 531. The smallest absolute Gasteiger partial charge is 0.316 e. The molecule has 0 aliphatic rings. The summed E-state index contributed by atoms with van der Waals surface area (Å²) in [5.74, 6) is -0.475. The maximum absolute atomic E-state index is 11.9. The van der Waals surface area contributed by atoms with Gasteiger partial charge in [0.05, 0.1) is 5.75 Å². The Hall–Kier alpha value is -1.46. The molecular formula is C16H20ClNO3S. The lowest BCUT2D eigenvalue weighted by Gasteiger charge is -2.20. The van der Waals surface area contributed by atoms with E-state index < -0.39 is 5.97 Å². The Labute approximate surface area is 140 Å². The summed E-state index contributed by atoms with van der Waals surface area (Å²) in [5.41, 5.74) is 0.889. The Kier molecular flexibility index (Phi) is 8.06. The maximum Gasteiger partial charge on any atom is 0.316 e. The SMILES string of the molecule is C=C(C)CN(CC)C(=O)COC(=O)CSc1ccc(Cl)cc1. The van der Waals surface area contributed by atoms with Gasteiger partial charge in [-0.25, -0.2) is 0 Å². The number of carbonyl (C=O) groups is 2. The zero-order chi connectivity index (χ0) is 16.5. The molecular weight excluding hydrogens is 322 g/mol. The second kappa shape index (κ2) is 9.54. The Morgan fingerprint density at radius 1 is 1.32 bits per heavy atom. The van der Waals surface area contributed by atoms with Crippen molar-refractivity contribution in [1.82, 2.24) is 4.90 Å². The molecule has 0 fully saturated rings. The molecule has 1 aromatic carbocycles. The second-order valence-corrected chi connectivity index (χ2v) is 6.25. The fourth-order valence-electron chi connectivity index (χ4n) is 1.65. The van der Waals surface area contributed by atoms with Gasteiger partial charge in [-0.1, -0.05) is 23.8 Å². The number of carbonyl (C=O) groups excluding carboxylic acids is 2. The van der Waals surface area contributed by atoms with Crippen molar-refractivity contribution in [3.63, 3.8) is 0 Å². The van der Waals surface area contributed by atoms with Crippen LogP contribution in [0.3, 0.4) is 0 Å². The average molecular weight is 342 g/mol. The zero-order valence-corrected chi connectivity index (χ0v) is 14.4. The van der Waals surface area contributed by atoms with Crippen LogP contribution in [0.5, 0.6) is 0 Å². The minimum absolute atomic E-state index is 0.154. The highest BCUT2D eigenvalue weighted by Gasteiger charge is 2.14. The summed E-state index contributed by atoms with van der Waals surface area (Å²) in [6.45, 7) is 8.30. The van der Waals surface area contributed by atoms with Crippen LogP contribution in [-0.2, 0) is 14.3 Å². The third-order valence-electron chi connectivity index (χ3n) is 2.72. The first-order chi connectivity index (χ1) is 10.4. The van der Waals surface area contributed by atoms with E-state index in [1.807, 2.05) is 26.0 Å². The molecule has 0 unspecified atom stereocenters. The van der Waals surface area contributed by atoms with Crippen LogP contribution in [0.4, 0.5) is 0 Å². The zero-order valence-electron chi connectivity index (χ0n) is 12.8. The van der Waals surface area contributed by atoms with Gasteiger partial charge in [-0.05, 0) is 38.1 Å². The minimum Gasteiger partial charge on any atom is -0.455 e. The fourth-order valence-corrected chi connectivity index (χ4v) is 2.47. The quantitative estimate of drug-likeness (QED) is 0.413. The summed E-state index contributed by atoms with van der Waals surface area (Å²) in [6.07, 6.45) is 0. The molecule has 0 atom stereocenters. The van der Waals surface area contributed by atoms with E-state index in [0.717, 1.165) is 10.5 Å². The number of halogens is 1. The largest absolute Gasteiger partial charge is 0.455 e. The van der Waals surface area contributed by atoms with E-state index in [9.17, 15) is 9.59 Å². The molecule has 0 aliphatic heterocycles. The first-order valence-electron chi connectivity index (χ1n) is 6.88. The first-order valence-corrected chi connectivity index (χ1v) is 8.25. The predicted molar refractivity (Wildman–Crippen MR) is 90.2 cm³/mol. The van der Waals surface area contributed by atoms with Crippen molar-refractivity contribution >= 4 is 35.2 Å². The normalized spacial score (nSPS) is 10.1. The molecule has 0 aromatic heterocycles. The minimum atomic E-state index is -0.417. The fraction of sp³-hybridized carbons (Fsp3) is 0.375. The molecule has 22 heavy (non-hydrogen) atoms. The molecule has 6 heteroatoms. The van der Waals surface area contributed by atoms with Crippen molar-refractivity contribution < 1.29 is 14.3 Å². The summed E-state index contributed by atoms with van der Waals surface area (Å²) in [4.78, 5) is 26.1. The standard InChI is InChI=1S/C16H20ClNO3S/c1-4-18(9-12(2)3)15(19)10-21-16(20)11-22-14-7-5-13(17)6-8-14/h5-8H,2,4,9-11H2,1,3H3.